The van der Waals surface area contributed by atoms with Crippen LogP contribution >= 0.6 is 0 Å². The molecule has 0 unspecified atom stereocenters. The van der Waals surface area contributed by atoms with Gasteiger partial charge in [-0.3, -0.25) is 0 Å². The molecule has 7 heteroatoms. The Labute approximate surface area is 148 Å². The second-order valence-electron chi connectivity index (χ2n) is 6.50. The van der Waals surface area contributed by atoms with Crippen molar-refractivity contribution in [3.05, 3.63) is 47.2 Å². The van der Waals surface area contributed by atoms with Crippen LogP contribution in [0.3, 0.4) is 0 Å². The van der Waals surface area contributed by atoms with Crippen LogP contribution in [-0.2, 0) is 10.0 Å². The second-order valence-corrected chi connectivity index (χ2v) is 8.41. The van der Waals surface area contributed by atoms with Gasteiger partial charge < -0.3 is 4.74 Å². The molecule has 1 aromatic carbocycles. The molecule has 25 heavy (non-hydrogen) atoms. The Morgan fingerprint density at radius 3 is 2.36 bits per heavy atom. The summed E-state index contributed by atoms with van der Waals surface area (Å²) < 4.78 is 33.1. The van der Waals surface area contributed by atoms with E-state index >= 15 is 0 Å². The topological polar surface area (TPSA) is 72.4 Å². The molecule has 0 N–H and O–H groups in total. The SMILES string of the molecule is Cc1ccc(S(=O)(=O)N2CCC(Oc3ccc(C)nn3)CC2)c(C)c1. The van der Waals surface area contributed by atoms with Crippen LogP contribution in [0.15, 0.2) is 35.2 Å². The van der Waals surface area contributed by atoms with Crippen LogP contribution in [0.4, 0.5) is 0 Å². The molecule has 0 saturated carbocycles. The molecule has 0 amide bonds. The Morgan fingerprint density at radius 2 is 1.76 bits per heavy atom. The summed E-state index contributed by atoms with van der Waals surface area (Å²) in [5.41, 5.74) is 2.68. The van der Waals surface area contributed by atoms with Crippen molar-refractivity contribution < 1.29 is 13.2 Å². The molecule has 134 valence electrons. The van der Waals surface area contributed by atoms with Gasteiger partial charge in [-0.15, -0.1) is 5.10 Å². The highest BCUT2D eigenvalue weighted by molar-refractivity contribution is 7.89. The van der Waals surface area contributed by atoms with Crippen LogP contribution in [0.25, 0.3) is 0 Å². The molecular formula is C18H23N3O3S. The van der Waals surface area contributed by atoms with Crippen LogP contribution < -0.4 is 4.74 Å². The fraction of sp³-hybridized carbons (Fsp3) is 0.444. The van der Waals surface area contributed by atoms with E-state index in [0.29, 0.717) is 36.7 Å². The third-order valence-corrected chi connectivity index (χ3v) is 6.47. The lowest BCUT2D eigenvalue weighted by Gasteiger charge is -2.31. The first-order valence-electron chi connectivity index (χ1n) is 8.40. The number of rotatable bonds is 4. The van der Waals surface area contributed by atoms with E-state index in [1.165, 1.54) is 0 Å². The van der Waals surface area contributed by atoms with Crippen molar-refractivity contribution in [3.8, 4) is 5.88 Å². The average Bonchev–Trinajstić information content (AvgIpc) is 2.57. The van der Waals surface area contributed by atoms with E-state index in [9.17, 15) is 8.42 Å². The zero-order valence-electron chi connectivity index (χ0n) is 14.8. The van der Waals surface area contributed by atoms with Gasteiger partial charge >= 0.3 is 0 Å². The highest BCUT2D eigenvalue weighted by Crippen LogP contribution is 2.25. The Hall–Kier alpha value is -1.99. The predicted octanol–water partition coefficient (Wildman–Crippen LogP) is 2.63. The van der Waals surface area contributed by atoms with Gasteiger partial charge in [0, 0.05) is 19.2 Å². The number of aromatic nitrogens is 2. The van der Waals surface area contributed by atoms with E-state index in [0.717, 1.165) is 16.8 Å². The Balaban J connectivity index is 1.66. The molecule has 1 aromatic heterocycles. The number of aryl methyl sites for hydroxylation is 3. The van der Waals surface area contributed by atoms with Crippen molar-refractivity contribution in [2.24, 2.45) is 0 Å². The summed E-state index contributed by atoms with van der Waals surface area (Å²) in [6.45, 7) is 6.55. The molecule has 0 spiro atoms. The van der Waals surface area contributed by atoms with E-state index in [1.807, 2.05) is 39.0 Å². The fourth-order valence-electron chi connectivity index (χ4n) is 3.04. The number of piperidine rings is 1. The highest BCUT2D eigenvalue weighted by Gasteiger charge is 2.31. The van der Waals surface area contributed by atoms with Crippen LogP contribution in [-0.4, -0.2) is 42.1 Å². The number of hydrogen-bond acceptors (Lipinski definition) is 5. The van der Waals surface area contributed by atoms with Crippen LogP contribution in [0, 0.1) is 20.8 Å². The molecule has 1 aliphatic rings. The molecule has 1 aliphatic heterocycles. The summed E-state index contributed by atoms with van der Waals surface area (Å²) in [6, 6.07) is 9.08. The van der Waals surface area contributed by atoms with Gasteiger partial charge in [-0.25, -0.2) is 8.42 Å². The number of sulfonamides is 1. The first-order chi connectivity index (χ1) is 11.9. The maximum atomic E-state index is 12.9. The number of hydrogen-bond donors (Lipinski definition) is 0. The molecule has 3 rings (SSSR count). The molecule has 2 heterocycles. The monoisotopic (exact) mass is 361 g/mol. The smallest absolute Gasteiger partial charge is 0.243 e. The first-order valence-corrected chi connectivity index (χ1v) is 9.84. The quantitative estimate of drug-likeness (QED) is 0.837. The van der Waals surface area contributed by atoms with Gasteiger partial charge in [-0.1, -0.05) is 17.7 Å². The molecule has 1 fully saturated rings. The van der Waals surface area contributed by atoms with Crippen molar-refractivity contribution in [2.45, 2.75) is 44.6 Å². The number of benzene rings is 1. The molecule has 0 radical (unpaired) electrons. The van der Waals surface area contributed by atoms with E-state index in [-0.39, 0.29) is 6.10 Å². The number of ether oxygens (including phenoxy) is 1. The summed E-state index contributed by atoms with van der Waals surface area (Å²) in [6.07, 6.45) is 1.24. The standard InChI is InChI=1S/C18H23N3O3S/c1-13-4-6-17(14(2)12-13)25(22,23)21-10-8-16(9-11-21)24-18-7-5-15(3)19-20-18/h4-7,12,16H,8-11H2,1-3H3. The molecule has 0 aliphatic carbocycles. The van der Waals surface area contributed by atoms with Crippen molar-refractivity contribution in [1.29, 1.82) is 0 Å². The maximum Gasteiger partial charge on any atom is 0.243 e. The van der Waals surface area contributed by atoms with E-state index in [4.69, 9.17) is 4.74 Å². The van der Waals surface area contributed by atoms with Gasteiger partial charge in [-0.2, -0.15) is 9.40 Å². The van der Waals surface area contributed by atoms with Crippen molar-refractivity contribution >= 4 is 10.0 Å². The van der Waals surface area contributed by atoms with Crippen molar-refractivity contribution in [2.75, 3.05) is 13.1 Å². The minimum atomic E-state index is -3.46. The summed E-state index contributed by atoms with van der Waals surface area (Å²) >= 11 is 0. The van der Waals surface area contributed by atoms with Gasteiger partial charge in [0.2, 0.25) is 15.9 Å². The summed E-state index contributed by atoms with van der Waals surface area (Å²) in [5, 5.41) is 7.98. The highest BCUT2D eigenvalue weighted by atomic mass is 32.2. The number of nitrogens with zero attached hydrogens (tertiary/aromatic N) is 3. The van der Waals surface area contributed by atoms with Crippen molar-refractivity contribution in [3.63, 3.8) is 0 Å². The summed E-state index contributed by atoms with van der Waals surface area (Å²) in [7, 11) is -3.46. The van der Waals surface area contributed by atoms with Gasteiger partial charge in [0.1, 0.15) is 6.10 Å². The third-order valence-electron chi connectivity index (χ3n) is 4.41. The molecule has 6 nitrogen and oxygen atoms in total. The normalized spacial score (nSPS) is 16.8. The summed E-state index contributed by atoms with van der Waals surface area (Å²) in [5.74, 6) is 0.487. The Morgan fingerprint density at radius 1 is 1.04 bits per heavy atom. The van der Waals surface area contributed by atoms with E-state index < -0.39 is 10.0 Å². The van der Waals surface area contributed by atoms with Crippen LogP contribution in [0.2, 0.25) is 0 Å². The van der Waals surface area contributed by atoms with E-state index in [1.54, 1.807) is 16.4 Å². The van der Waals surface area contributed by atoms with Crippen LogP contribution in [0.5, 0.6) is 5.88 Å². The first kappa shape index (κ1) is 17.8. The fourth-order valence-corrected chi connectivity index (χ4v) is 4.71. The predicted molar refractivity (Wildman–Crippen MR) is 95.1 cm³/mol. The zero-order chi connectivity index (χ0) is 18.0. The summed E-state index contributed by atoms with van der Waals surface area (Å²) in [4.78, 5) is 0.391. The zero-order valence-corrected chi connectivity index (χ0v) is 15.6. The largest absolute Gasteiger partial charge is 0.473 e. The van der Waals surface area contributed by atoms with Gasteiger partial charge in [0.25, 0.3) is 0 Å². The van der Waals surface area contributed by atoms with Crippen LogP contribution in [0.1, 0.15) is 29.7 Å². The van der Waals surface area contributed by atoms with Gasteiger partial charge in [0.05, 0.1) is 10.6 Å². The lowest BCUT2D eigenvalue weighted by molar-refractivity contribution is 0.128. The molecule has 2 aromatic rings. The maximum absolute atomic E-state index is 12.9. The molecule has 0 bridgehead atoms. The molecule has 1 saturated heterocycles. The second kappa shape index (κ2) is 7.09. The molecular weight excluding hydrogens is 338 g/mol. The minimum absolute atomic E-state index is 0.0393. The average molecular weight is 361 g/mol. The third kappa shape index (κ3) is 3.99. The minimum Gasteiger partial charge on any atom is -0.473 e. The Kier molecular flexibility index (Phi) is 5.06. The lowest BCUT2D eigenvalue weighted by Crippen LogP contribution is -2.42. The van der Waals surface area contributed by atoms with Gasteiger partial charge in [-0.05, 0) is 51.3 Å². The van der Waals surface area contributed by atoms with Gasteiger partial charge in [0.15, 0.2) is 0 Å². The van der Waals surface area contributed by atoms with E-state index in [2.05, 4.69) is 10.2 Å². The Bertz CT molecular complexity index is 842. The molecule has 0 atom stereocenters. The van der Waals surface area contributed by atoms with Crippen molar-refractivity contribution in [1.82, 2.24) is 14.5 Å². The lowest BCUT2D eigenvalue weighted by atomic mass is 10.1.